The number of unbranched alkanes of at least 4 members (excludes halogenated alkanes) is 2. The van der Waals surface area contributed by atoms with Gasteiger partial charge in [0.2, 0.25) is 0 Å². The third-order valence-corrected chi connectivity index (χ3v) is 2.45. The molecule has 0 aromatic heterocycles. The fourth-order valence-electron chi connectivity index (χ4n) is 1.01. The number of hydrogen-bond donors (Lipinski definition) is 2. The second-order valence-corrected chi connectivity index (χ2v) is 4.50. The maximum atomic E-state index is 10.3. The number of rotatable bonds is 6. The first-order valence-electron chi connectivity index (χ1n) is 4.16. The molecule has 0 rings (SSSR count). The normalized spacial score (nSPS) is 14.6. The van der Waals surface area contributed by atoms with E-state index < -0.39 is 16.2 Å². The summed E-state index contributed by atoms with van der Waals surface area (Å²) in [4.78, 5) is 0. The largest absolute Gasteiger partial charge is 0.327 e. The highest BCUT2D eigenvalue weighted by Crippen LogP contribution is 2.02. The van der Waals surface area contributed by atoms with Crippen LogP contribution in [0.25, 0.3) is 0 Å². The quantitative estimate of drug-likeness (QED) is 0.485. The van der Waals surface area contributed by atoms with Crippen molar-refractivity contribution >= 4 is 10.1 Å². The second-order valence-electron chi connectivity index (χ2n) is 3.00. The van der Waals surface area contributed by atoms with Gasteiger partial charge in [-0.3, -0.25) is 4.55 Å². The van der Waals surface area contributed by atoms with Gasteiger partial charge in [-0.1, -0.05) is 26.2 Å². The lowest BCUT2D eigenvalue weighted by Crippen LogP contribution is -2.29. The number of hydrogen-bond acceptors (Lipinski definition) is 3. The predicted octanol–water partition coefficient (Wildman–Crippen LogP) is 0.782. The first kappa shape index (κ1) is 11.9. The van der Waals surface area contributed by atoms with Crippen molar-refractivity contribution in [2.75, 3.05) is 5.75 Å². The summed E-state index contributed by atoms with van der Waals surface area (Å²) in [6.45, 7) is 2.06. The van der Waals surface area contributed by atoms with E-state index in [-0.39, 0.29) is 5.75 Å². The predicted molar refractivity (Wildman–Crippen MR) is 48.5 cm³/mol. The van der Waals surface area contributed by atoms with E-state index in [4.69, 9.17) is 10.3 Å². The summed E-state index contributed by atoms with van der Waals surface area (Å²) in [6.07, 6.45) is 3.72. The van der Waals surface area contributed by atoms with Crippen molar-refractivity contribution in [2.24, 2.45) is 5.73 Å². The van der Waals surface area contributed by atoms with Crippen molar-refractivity contribution in [1.29, 1.82) is 0 Å². The molecule has 0 heterocycles. The van der Waals surface area contributed by atoms with Crippen molar-refractivity contribution in [3.63, 3.8) is 0 Å². The van der Waals surface area contributed by atoms with Crippen molar-refractivity contribution in [2.45, 2.75) is 38.6 Å². The van der Waals surface area contributed by atoms with Gasteiger partial charge in [0.05, 0.1) is 5.75 Å². The zero-order valence-corrected chi connectivity index (χ0v) is 8.18. The van der Waals surface area contributed by atoms with Crippen molar-refractivity contribution in [3.8, 4) is 0 Å². The van der Waals surface area contributed by atoms with Gasteiger partial charge in [-0.05, 0) is 6.42 Å². The molecule has 0 saturated heterocycles. The Kier molecular flexibility index (Phi) is 5.44. The maximum Gasteiger partial charge on any atom is 0.266 e. The van der Waals surface area contributed by atoms with Gasteiger partial charge in [0.1, 0.15) is 0 Å². The van der Waals surface area contributed by atoms with E-state index in [0.717, 1.165) is 19.3 Å². The summed E-state index contributed by atoms with van der Waals surface area (Å²) in [6, 6.07) is -0.424. The molecule has 12 heavy (non-hydrogen) atoms. The Morgan fingerprint density at radius 2 is 2.00 bits per heavy atom. The van der Waals surface area contributed by atoms with Crippen LogP contribution in [-0.2, 0) is 10.1 Å². The molecule has 0 spiro atoms. The molecule has 1 atom stereocenters. The van der Waals surface area contributed by atoms with E-state index in [9.17, 15) is 8.42 Å². The molecule has 0 aliphatic heterocycles. The van der Waals surface area contributed by atoms with Crippen LogP contribution in [0.2, 0.25) is 0 Å². The Morgan fingerprint density at radius 3 is 2.42 bits per heavy atom. The van der Waals surface area contributed by atoms with E-state index >= 15 is 0 Å². The minimum absolute atomic E-state index is 0.323. The molecule has 74 valence electrons. The third kappa shape index (κ3) is 7.97. The SMILES string of the molecule is CCCCCC(N)CS(=O)(=O)O. The van der Waals surface area contributed by atoms with Crippen LogP contribution in [-0.4, -0.2) is 24.8 Å². The smallest absolute Gasteiger partial charge is 0.266 e. The molecule has 0 aliphatic carbocycles. The molecule has 5 heteroatoms. The highest BCUT2D eigenvalue weighted by molar-refractivity contribution is 7.85. The van der Waals surface area contributed by atoms with Crippen LogP contribution in [0.5, 0.6) is 0 Å². The van der Waals surface area contributed by atoms with Gasteiger partial charge < -0.3 is 5.73 Å². The standard InChI is InChI=1S/C7H17NO3S/c1-2-3-4-5-7(8)6-12(9,10)11/h7H,2-6,8H2,1H3,(H,9,10,11). The molecule has 0 aromatic rings. The lowest BCUT2D eigenvalue weighted by atomic mass is 10.1. The number of nitrogens with two attached hydrogens (primary N) is 1. The van der Waals surface area contributed by atoms with Gasteiger partial charge in [-0.2, -0.15) is 8.42 Å². The molecule has 3 N–H and O–H groups in total. The molecule has 0 bridgehead atoms. The average Bonchev–Trinajstić information content (AvgIpc) is 1.84. The summed E-state index contributed by atoms with van der Waals surface area (Å²) in [5.41, 5.74) is 5.46. The topological polar surface area (TPSA) is 80.4 Å². The van der Waals surface area contributed by atoms with Crippen LogP contribution in [0.15, 0.2) is 0 Å². The van der Waals surface area contributed by atoms with Crippen molar-refractivity contribution in [3.05, 3.63) is 0 Å². The van der Waals surface area contributed by atoms with Crippen LogP contribution in [0, 0.1) is 0 Å². The van der Waals surface area contributed by atoms with Crippen molar-refractivity contribution < 1.29 is 13.0 Å². The molecular weight excluding hydrogens is 178 g/mol. The van der Waals surface area contributed by atoms with Gasteiger partial charge in [0, 0.05) is 6.04 Å². The third-order valence-electron chi connectivity index (χ3n) is 1.60. The van der Waals surface area contributed by atoms with Crippen LogP contribution in [0.1, 0.15) is 32.6 Å². The zero-order valence-electron chi connectivity index (χ0n) is 7.36. The Bertz CT molecular complexity index is 201. The van der Waals surface area contributed by atoms with E-state index in [2.05, 4.69) is 6.92 Å². The molecule has 0 radical (unpaired) electrons. The monoisotopic (exact) mass is 195 g/mol. The first-order valence-corrected chi connectivity index (χ1v) is 5.77. The van der Waals surface area contributed by atoms with Crippen LogP contribution in [0.3, 0.4) is 0 Å². The summed E-state index contributed by atoms with van der Waals surface area (Å²) < 4.78 is 29.1. The molecule has 0 saturated carbocycles. The van der Waals surface area contributed by atoms with Gasteiger partial charge in [0.15, 0.2) is 0 Å². The van der Waals surface area contributed by atoms with Gasteiger partial charge in [-0.15, -0.1) is 0 Å². The Hall–Kier alpha value is -0.130. The minimum atomic E-state index is -3.89. The van der Waals surface area contributed by atoms with E-state index in [1.807, 2.05) is 0 Å². The summed E-state index contributed by atoms with van der Waals surface area (Å²) in [5.74, 6) is -0.323. The van der Waals surface area contributed by atoms with Crippen molar-refractivity contribution in [1.82, 2.24) is 0 Å². The fourth-order valence-corrected chi connectivity index (χ4v) is 1.72. The van der Waals surface area contributed by atoms with Gasteiger partial charge in [0.25, 0.3) is 10.1 Å². The molecule has 0 amide bonds. The van der Waals surface area contributed by atoms with E-state index in [0.29, 0.717) is 6.42 Å². The first-order chi connectivity index (χ1) is 5.45. The minimum Gasteiger partial charge on any atom is -0.327 e. The lowest BCUT2D eigenvalue weighted by molar-refractivity contribution is 0.471. The molecule has 4 nitrogen and oxygen atoms in total. The lowest BCUT2D eigenvalue weighted by Gasteiger charge is -2.07. The molecular formula is C7H17NO3S. The van der Waals surface area contributed by atoms with E-state index in [1.54, 1.807) is 0 Å². The van der Waals surface area contributed by atoms with Gasteiger partial charge >= 0.3 is 0 Å². The summed E-state index contributed by atoms with van der Waals surface area (Å²) >= 11 is 0. The van der Waals surface area contributed by atoms with Crippen LogP contribution < -0.4 is 5.73 Å². The Morgan fingerprint density at radius 1 is 1.42 bits per heavy atom. The Labute approximate surface area is 73.9 Å². The fraction of sp³-hybridized carbons (Fsp3) is 1.00. The zero-order chi connectivity index (χ0) is 9.61. The van der Waals surface area contributed by atoms with Crippen LogP contribution in [0.4, 0.5) is 0 Å². The molecule has 1 unspecified atom stereocenters. The Balaban J connectivity index is 3.53. The second kappa shape index (κ2) is 5.50. The molecule has 0 aromatic carbocycles. The average molecular weight is 195 g/mol. The van der Waals surface area contributed by atoms with Gasteiger partial charge in [-0.25, -0.2) is 0 Å². The summed E-state index contributed by atoms with van der Waals surface area (Å²) in [7, 11) is -3.89. The highest BCUT2D eigenvalue weighted by Gasteiger charge is 2.11. The maximum absolute atomic E-state index is 10.3. The highest BCUT2D eigenvalue weighted by atomic mass is 32.2. The molecule has 0 aliphatic rings. The van der Waals surface area contributed by atoms with Crippen LogP contribution >= 0.6 is 0 Å². The molecule has 0 fully saturated rings. The summed E-state index contributed by atoms with van der Waals surface area (Å²) in [5, 5.41) is 0. The van der Waals surface area contributed by atoms with E-state index in [1.165, 1.54) is 0 Å².